The fraction of sp³-hybridized carbons (Fsp3) is 0.667. The zero-order valence-corrected chi connectivity index (χ0v) is 10.6. The third kappa shape index (κ3) is 3.56. The van der Waals surface area contributed by atoms with E-state index in [-0.39, 0.29) is 0 Å². The first-order valence-corrected chi connectivity index (χ1v) is 6.29. The van der Waals surface area contributed by atoms with Crippen molar-refractivity contribution in [2.24, 2.45) is 0 Å². The van der Waals surface area contributed by atoms with Gasteiger partial charge in [0.1, 0.15) is 18.0 Å². The third-order valence-electron chi connectivity index (χ3n) is 3.00. The molecule has 94 valence electrons. The van der Waals surface area contributed by atoms with Crippen molar-refractivity contribution < 1.29 is 0 Å². The summed E-state index contributed by atoms with van der Waals surface area (Å²) in [5.74, 6) is 1.80. The second-order valence-corrected chi connectivity index (χ2v) is 4.56. The Hall–Kier alpha value is -1.36. The van der Waals surface area contributed by atoms with Gasteiger partial charge in [-0.25, -0.2) is 9.97 Å². The average Bonchev–Trinajstić information content (AvgIpc) is 2.30. The van der Waals surface area contributed by atoms with Crippen molar-refractivity contribution in [1.29, 1.82) is 0 Å². The van der Waals surface area contributed by atoms with Crippen LogP contribution in [0.15, 0.2) is 12.4 Å². The largest absolute Gasteiger partial charge is 0.370 e. The third-order valence-corrected chi connectivity index (χ3v) is 3.00. The van der Waals surface area contributed by atoms with Gasteiger partial charge in [-0.05, 0) is 33.4 Å². The number of nitrogens with one attached hydrogen (secondary N) is 2. The number of anilines is 2. The Kier molecular flexibility index (Phi) is 4.14. The van der Waals surface area contributed by atoms with Crippen LogP contribution < -0.4 is 10.6 Å². The van der Waals surface area contributed by atoms with E-state index in [1.165, 1.54) is 19.4 Å². The van der Waals surface area contributed by atoms with Gasteiger partial charge in [-0.2, -0.15) is 0 Å². The smallest absolute Gasteiger partial charge is 0.131 e. The molecule has 1 fully saturated rings. The molecular weight excluding hydrogens is 214 g/mol. The van der Waals surface area contributed by atoms with Crippen LogP contribution in [0.3, 0.4) is 0 Å². The number of hydrogen-bond donors (Lipinski definition) is 2. The first kappa shape index (κ1) is 12.1. The summed E-state index contributed by atoms with van der Waals surface area (Å²) in [6.45, 7) is 5.22. The van der Waals surface area contributed by atoms with Crippen LogP contribution in [0.5, 0.6) is 0 Å². The predicted octanol–water partition coefficient (Wildman–Crippen LogP) is 1.41. The van der Waals surface area contributed by atoms with E-state index < -0.39 is 0 Å². The van der Waals surface area contributed by atoms with Crippen LogP contribution in [-0.2, 0) is 0 Å². The maximum atomic E-state index is 4.26. The molecule has 0 bridgehead atoms. The minimum Gasteiger partial charge on any atom is -0.370 e. The Labute approximate surface area is 103 Å². The number of nitrogens with zero attached hydrogens (tertiary/aromatic N) is 3. The van der Waals surface area contributed by atoms with Crippen molar-refractivity contribution in [2.75, 3.05) is 37.3 Å². The Morgan fingerprint density at radius 2 is 2.24 bits per heavy atom. The summed E-state index contributed by atoms with van der Waals surface area (Å²) in [6.07, 6.45) is 4.07. The van der Waals surface area contributed by atoms with Crippen LogP contribution in [0.2, 0.25) is 0 Å². The van der Waals surface area contributed by atoms with E-state index in [4.69, 9.17) is 0 Å². The van der Waals surface area contributed by atoms with Crippen LogP contribution in [0.25, 0.3) is 0 Å². The highest BCUT2D eigenvalue weighted by molar-refractivity contribution is 5.46. The van der Waals surface area contributed by atoms with E-state index in [1.54, 1.807) is 6.33 Å². The van der Waals surface area contributed by atoms with Gasteiger partial charge in [0.25, 0.3) is 0 Å². The molecule has 0 aliphatic carbocycles. The Bertz CT molecular complexity index is 355. The molecule has 1 aromatic heterocycles. The normalized spacial score (nSPS) is 21.2. The van der Waals surface area contributed by atoms with Crippen molar-refractivity contribution in [3.63, 3.8) is 0 Å². The fourth-order valence-corrected chi connectivity index (χ4v) is 2.21. The summed E-state index contributed by atoms with van der Waals surface area (Å²) in [5, 5.41) is 6.67. The molecule has 17 heavy (non-hydrogen) atoms. The molecule has 5 nitrogen and oxygen atoms in total. The number of likely N-dealkylation sites (tertiary alicyclic amines) is 1. The van der Waals surface area contributed by atoms with E-state index in [0.717, 1.165) is 24.7 Å². The molecule has 5 heteroatoms. The van der Waals surface area contributed by atoms with Crippen molar-refractivity contribution in [3.8, 4) is 0 Å². The summed E-state index contributed by atoms with van der Waals surface area (Å²) >= 11 is 0. The highest BCUT2D eigenvalue weighted by atomic mass is 15.2. The van der Waals surface area contributed by atoms with Gasteiger partial charge in [-0.1, -0.05) is 0 Å². The van der Waals surface area contributed by atoms with Gasteiger partial charge in [0, 0.05) is 25.2 Å². The lowest BCUT2D eigenvalue weighted by Crippen LogP contribution is -2.39. The zero-order valence-electron chi connectivity index (χ0n) is 10.6. The van der Waals surface area contributed by atoms with Crippen LogP contribution in [-0.4, -0.2) is 47.6 Å². The topological polar surface area (TPSA) is 53.1 Å². The maximum Gasteiger partial charge on any atom is 0.131 e. The molecule has 0 spiro atoms. The highest BCUT2D eigenvalue weighted by Gasteiger charge is 2.17. The summed E-state index contributed by atoms with van der Waals surface area (Å²) in [6, 6.07) is 2.47. The lowest BCUT2D eigenvalue weighted by molar-refractivity contribution is 0.261. The monoisotopic (exact) mass is 235 g/mol. The fourth-order valence-electron chi connectivity index (χ4n) is 2.21. The van der Waals surface area contributed by atoms with Crippen molar-refractivity contribution >= 4 is 11.6 Å². The molecule has 1 unspecified atom stereocenters. The lowest BCUT2D eigenvalue weighted by Gasteiger charge is -2.30. The second kappa shape index (κ2) is 5.82. The SMILES string of the molecule is CCNc1cc(NC2CCCN(C)C2)ncn1. The minimum atomic E-state index is 0.498. The molecule has 1 aliphatic rings. The molecule has 2 N–H and O–H groups in total. The lowest BCUT2D eigenvalue weighted by atomic mass is 10.1. The number of rotatable bonds is 4. The summed E-state index contributed by atoms with van der Waals surface area (Å²) in [4.78, 5) is 10.8. The number of aromatic nitrogens is 2. The maximum absolute atomic E-state index is 4.26. The molecule has 2 rings (SSSR count). The van der Waals surface area contributed by atoms with Crippen molar-refractivity contribution in [3.05, 3.63) is 12.4 Å². The average molecular weight is 235 g/mol. The molecule has 1 saturated heterocycles. The molecular formula is C12H21N5. The number of piperidine rings is 1. The van der Waals surface area contributed by atoms with Crippen molar-refractivity contribution in [2.45, 2.75) is 25.8 Å². The molecule has 2 heterocycles. The molecule has 1 aliphatic heterocycles. The number of likely N-dealkylation sites (N-methyl/N-ethyl adjacent to an activating group) is 1. The van der Waals surface area contributed by atoms with Gasteiger partial charge >= 0.3 is 0 Å². The van der Waals surface area contributed by atoms with E-state index in [0.29, 0.717) is 6.04 Å². The quantitative estimate of drug-likeness (QED) is 0.826. The van der Waals surface area contributed by atoms with Crippen molar-refractivity contribution in [1.82, 2.24) is 14.9 Å². The molecule has 1 atom stereocenters. The molecule has 0 radical (unpaired) electrons. The standard InChI is InChI=1S/C12H21N5/c1-3-13-11-7-12(15-9-14-11)16-10-5-4-6-17(2)8-10/h7,9-10H,3-6,8H2,1-2H3,(H2,13,14,15,16). The molecule has 0 aromatic carbocycles. The molecule has 0 amide bonds. The Morgan fingerprint density at radius 3 is 3.00 bits per heavy atom. The van der Waals surface area contributed by atoms with Gasteiger partial charge in [0.15, 0.2) is 0 Å². The van der Waals surface area contributed by atoms with Gasteiger partial charge in [0.2, 0.25) is 0 Å². The highest BCUT2D eigenvalue weighted by Crippen LogP contribution is 2.15. The van der Waals surface area contributed by atoms with Gasteiger partial charge in [-0.15, -0.1) is 0 Å². The molecule has 0 saturated carbocycles. The summed E-state index contributed by atoms with van der Waals surface area (Å²) < 4.78 is 0. The first-order valence-electron chi connectivity index (χ1n) is 6.29. The van der Waals surface area contributed by atoms with Gasteiger partial charge in [-0.3, -0.25) is 0 Å². The molecule has 1 aromatic rings. The van der Waals surface area contributed by atoms with E-state index in [2.05, 4.69) is 39.5 Å². The zero-order chi connectivity index (χ0) is 12.1. The van der Waals surface area contributed by atoms with Gasteiger partial charge in [0.05, 0.1) is 0 Å². The second-order valence-electron chi connectivity index (χ2n) is 4.56. The van der Waals surface area contributed by atoms with Crippen LogP contribution in [0, 0.1) is 0 Å². The minimum absolute atomic E-state index is 0.498. The van der Waals surface area contributed by atoms with Gasteiger partial charge < -0.3 is 15.5 Å². The summed E-state index contributed by atoms with van der Waals surface area (Å²) in [5.41, 5.74) is 0. The van der Waals surface area contributed by atoms with E-state index in [9.17, 15) is 0 Å². The van der Waals surface area contributed by atoms with Crippen LogP contribution in [0.4, 0.5) is 11.6 Å². The number of hydrogen-bond acceptors (Lipinski definition) is 5. The van der Waals surface area contributed by atoms with Crippen LogP contribution >= 0.6 is 0 Å². The Morgan fingerprint density at radius 1 is 1.41 bits per heavy atom. The first-order chi connectivity index (χ1) is 8.28. The van der Waals surface area contributed by atoms with E-state index >= 15 is 0 Å². The predicted molar refractivity (Wildman–Crippen MR) is 70.3 cm³/mol. The summed E-state index contributed by atoms with van der Waals surface area (Å²) in [7, 11) is 2.16. The van der Waals surface area contributed by atoms with Crippen LogP contribution in [0.1, 0.15) is 19.8 Å². The Balaban J connectivity index is 1.95. The van der Waals surface area contributed by atoms with E-state index in [1.807, 2.05) is 6.07 Å².